The fourth-order valence-electron chi connectivity index (χ4n) is 2.19. The predicted molar refractivity (Wildman–Crippen MR) is 69.5 cm³/mol. The van der Waals surface area contributed by atoms with Crippen molar-refractivity contribution in [3.05, 3.63) is 29.6 Å². The molecule has 1 heterocycles. The van der Waals surface area contributed by atoms with Crippen molar-refractivity contribution in [3.8, 4) is 0 Å². The highest BCUT2D eigenvalue weighted by atomic mass is 19.1. The highest BCUT2D eigenvalue weighted by Gasteiger charge is 2.18. The van der Waals surface area contributed by atoms with Crippen LogP contribution in [0.5, 0.6) is 0 Å². The molecule has 2 N–H and O–H groups in total. The Morgan fingerprint density at radius 1 is 1.56 bits per heavy atom. The second-order valence-corrected chi connectivity index (χ2v) is 4.54. The molecule has 1 aliphatic heterocycles. The second kappa shape index (κ2) is 5.35. The summed E-state index contributed by atoms with van der Waals surface area (Å²) in [6.45, 7) is 4.68. The fourth-order valence-corrected chi connectivity index (χ4v) is 2.19. The minimum absolute atomic E-state index is 0.0874. The van der Waals surface area contributed by atoms with E-state index in [0.717, 1.165) is 25.3 Å². The lowest BCUT2D eigenvalue weighted by Crippen LogP contribution is -2.49. The number of benzene rings is 1. The number of amides is 1. The van der Waals surface area contributed by atoms with Gasteiger partial charge in [-0.25, -0.2) is 4.39 Å². The standard InChI is InChI=1S/C13H18FN3O/c1-9-8-17(6-5-16-9)10-3-4-11(12(14)7-10)13(18)15-2/h3-4,7,9,16H,5-6,8H2,1-2H3,(H,15,18). The van der Waals surface area contributed by atoms with Crippen molar-refractivity contribution in [1.29, 1.82) is 0 Å². The molecular formula is C13H18FN3O. The maximum atomic E-state index is 13.8. The summed E-state index contributed by atoms with van der Waals surface area (Å²) in [6, 6.07) is 5.16. The Kier molecular flexibility index (Phi) is 3.81. The van der Waals surface area contributed by atoms with Gasteiger partial charge >= 0.3 is 0 Å². The molecule has 0 aliphatic carbocycles. The lowest BCUT2D eigenvalue weighted by Gasteiger charge is -2.33. The Hall–Kier alpha value is -1.62. The highest BCUT2D eigenvalue weighted by Crippen LogP contribution is 2.20. The molecule has 2 rings (SSSR count). The Morgan fingerprint density at radius 3 is 2.94 bits per heavy atom. The summed E-state index contributed by atoms with van der Waals surface area (Å²) in [7, 11) is 1.49. The van der Waals surface area contributed by atoms with Gasteiger partial charge in [0.2, 0.25) is 0 Å². The average Bonchev–Trinajstić information content (AvgIpc) is 2.37. The lowest BCUT2D eigenvalue weighted by molar-refractivity contribution is 0.0959. The predicted octanol–water partition coefficient (Wildman–Crippen LogP) is 0.983. The quantitative estimate of drug-likeness (QED) is 0.823. The Labute approximate surface area is 106 Å². The molecule has 0 radical (unpaired) electrons. The van der Waals surface area contributed by atoms with Crippen LogP contribution in [0.15, 0.2) is 18.2 Å². The SMILES string of the molecule is CNC(=O)c1ccc(N2CCNC(C)C2)cc1F. The molecule has 5 heteroatoms. The number of piperazine rings is 1. The van der Waals surface area contributed by atoms with Crippen molar-refractivity contribution in [3.63, 3.8) is 0 Å². The van der Waals surface area contributed by atoms with Crippen LogP contribution in [0.1, 0.15) is 17.3 Å². The first kappa shape index (κ1) is 12.8. The molecule has 1 aromatic rings. The zero-order valence-electron chi connectivity index (χ0n) is 10.7. The first-order valence-corrected chi connectivity index (χ1v) is 6.12. The van der Waals surface area contributed by atoms with Crippen molar-refractivity contribution in [2.45, 2.75) is 13.0 Å². The molecule has 0 bridgehead atoms. The van der Waals surface area contributed by atoms with Crippen molar-refractivity contribution >= 4 is 11.6 Å². The summed E-state index contributed by atoms with van der Waals surface area (Å²) >= 11 is 0. The molecule has 1 fully saturated rings. The van der Waals surface area contributed by atoms with Gasteiger partial charge in [0.05, 0.1) is 5.56 Å². The van der Waals surface area contributed by atoms with Gasteiger partial charge in [0.1, 0.15) is 5.82 Å². The van der Waals surface area contributed by atoms with Gasteiger partial charge in [-0.1, -0.05) is 0 Å². The summed E-state index contributed by atoms with van der Waals surface area (Å²) in [6.07, 6.45) is 0. The number of anilines is 1. The summed E-state index contributed by atoms with van der Waals surface area (Å²) in [4.78, 5) is 13.5. The summed E-state index contributed by atoms with van der Waals surface area (Å²) in [5, 5.41) is 5.76. The van der Waals surface area contributed by atoms with Crippen LogP contribution < -0.4 is 15.5 Å². The number of carbonyl (C=O) groups excluding carboxylic acids is 1. The van der Waals surface area contributed by atoms with Crippen molar-refractivity contribution in [2.24, 2.45) is 0 Å². The third-order valence-corrected chi connectivity index (χ3v) is 3.16. The van der Waals surface area contributed by atoms with E-state index < -0.39 is 11.7 Å². The Morgan fingerprint density at radius 2 is 2.33 bits per heavy atom. The van der Waals surface area contributed by atoms with Gasteiger partial charge in [-0.3, -0.25) is 4.79 Å². The zero-order valence-corrected chi connectivity index (χ0v) is 10.7. The van der Waals surface area contributed by atoms with Crippen LogP contribution in [0, 0.1) is 5.82 Å². The molecular weight excluding hydrogens is 233 g/mol. The Bertz CT molecular complexity index is 450. The number of hydrogen-bond donors (Lipinski definition) is 2. The Balaban J connectivity index is 2.20. The van der Waals surface area contributed by atoms with Crippen LogP contribution in [-0.4, -0.2) is 38.6 Å². The molecule has 1 unspecified atom stereocenters. The van der Waals surface area contributed by atoms with Crippen molar-refractivity contribution in [2.75, 3.05) is 31.6 Å². The molecule has 98 valence electrons. The second-order valence-electron chi connectivity index (χ2n) is 4.54. The third-order valence-electron chi connectivity index (χ3n) is 3.16. The normalized spacial score (nSPS) is 19.7. The van der Waals surface area contributed by atoms with Crippen molar-refractivity contribution in [1.82, 2.24) is 10.6 Å². The van der Waals surface area contributed by atoms with Gasteiger partial charge in [0, 0.05) is 38.4 Å². The molecule has 18 heavy (non-hydrogen) atoms. The van der Waals surface area contributed by atoms with E-state index in [1.165, 1.54) is 19.2 Å². The van der Waals surface area contributed by atoms with E-state index >= 15 is 0 Å². The minimum atomic E-state index is -0.474. The number of halogens is 1. The zero-order chi connectivity index (χ0) is 13.1. The van der Waals surface area contributed by atoms with Crippen LogP contribution in [0.4, 0.5) is 10.1 Å². The van der Waals surface area contributed by atoms with Crippen LogP contribution in [0.25, 0.3) is 0 Å². The van der Waals surface area contributed by atoms with E-state index in [2.05, 4.69) is 22.5 Å². The summed E-state index contributed by atoms with van der Waals surface area (Å²) in [5.41, 5.74) is 0.915. The van der Waals surface area contributed by atoms with Crippen LogP contribution >= 0.6 is 0 Å². The first-order chi connectivity index (χ1) is 8.61. The van der Waals surface area contributed by atoms with E-state index in [4.69, 9.17) is 0 Å². The van der Waals surface area contributed by atoms with E-state index in [1.54, 1.807) is 6.07 Å². The average molecular weight is 251 g/mol. The van der Waals surface area contributed by atoms with Gasteiger partial charge in [0.15, 0.2) is 0 Å². The molecule has 1 atom stereocenters. The maximum absolute atomic E-state index is 13.8. The largest absolute Gasteiger partial charge is 0.369 e. The molecule has 1 saturated heterocycles. The van der Waals surface area contributed by atoms with E-state index in [9.17, 15) is 9.18 Å². The minimum Gasteiger partial charge on any atom is -0.369 e. The van der Waals surface area contributed by atoms with E-state index in [-0.39, 0.29) is 5.56 Å². The van der Waals surface area contributed by atoms with Crippen LogP contribution in [0.3, 0.4) is 0 Å². The molecule has 1 aromatic carbocycles. The molecule has 1 amide bonds. The van der Waals surface area contributed by atoms with Crippen LogP contribution in [0.2, 0.25) is 0 Å². The summed E-state index contributed by atoms with van der Waals surface area (Å²) < 4.78 is 13.8. The molecule has 4 nitrogen and oxygen atoms in total. The van der Waals surface area contributed by atoms with Gasteiger partial charge in [0.25, 0.3) is 5.91 Å². The third kappa shape index (κ3) is 2.61. The maximum Gasteiger partial charge on any atom is 0.253 e. The van der Waals surface area contributed by atoms with Crippen molar-refractivity contribution < 1.29 is 9.18 Å². The van der Waals surface area contributed by atoms with E-state index in [0.29, 0.717) is 6.04 Å². The number of hydrogen-bond acceptors (Lipinski definition) is 3. The molecule has 0 saturated carbocycles. The van der Waals surface area contributed by atoms with Gasteiger partial charge in [-0.15, -0.1) is 0 Å². The highest BCUT2D eigenvalue weighted by molar-refractivity contribution is 5.94. The van der Waals surface area contributed by atoms with Gasteiger partial charge < -0.3 is 15.5 Å². The number of nitrogens with one attached hydrogen (secondary N) is 2. The summed E-state index contributed by atoms with van der Waals surface area (Å²) in [5.74, 6) is -0.870. The monoisotopic (exact) mass is 251 g/mol. The van der Waals surface area contributed by atoms with Crippen LogP contribution in [-0.2, 0) is 0 Å². The number of rotatable bonds is 2. The number of nitrogens with zero attached hydrogens (tertiary/aromatic N) is 1. The molecule has 0 spiro atoms. The van der Waals surface area contributed by atoms with Gasteiger partial charge in [-0.05, 0) is 25.1 Å². The smallest absolute Gasteiger partial charge is 0.253 e. The molecule has 0 aromatic heterocycles. The van der Waals surface area contributed by atoms with E-state index in [1.807, 2.05) is 0 Å². The molecule has 1 aliphatic rings. The lowest BCUT2D eigenvalue weighted by atomic mass is 10.1. The topological polar surface area (TPSA) is 44.4 Å². The first-order valence-electron chi connectivity index (χ1n) is 6.12. The fraction of sp³-hybridized carbons (Fsp3) is 0.462. The van der Waals surface area contributed by atoms with Gasteiger partial charge in [-0.2, -0.15) is 0 Å². The number of carbonyl (C=O) groups is 1.